The molecule has 70 valence electrons. The van der Waals surface area contributed by atoms with Gasteiger partial charge in [0.25, 0.3) is 0 Å². The highest BCUT2D eigenvalue weighted by molar-refractivity contribution is 5.22. The van der Waals surface area contributed by atoms with Crippen molar-refractivity contribution in [2.45, 2.75) is 12.8 Å². The Morgan fingerprint density at radius 1 is 1.38 bits per heavy atom. The molecule has 0 radical (unpaired) electrons. The lowest BCUT2D eigenvalue weighted by atomic mass is 9.90. The third-order valence-corrected chi connectivity index (χ3v) is 2.79. The van der Waals surface area contributed by atoms with Crippen LogP contribution in [0.2, 0.25) is 0 Å². The summed E-state index contributed by atoms with van der Waals surface area (Å²) in [5.41, 5.74) is 1.12. The van der Waals surface area contributed by atoms with Crippen LogP contribution in [0.15, 0.2) is 24.3 Å². The van der Waals surface area contributed by atoms with Crippen LogP contribution in [0.1, 0.15) is 18.4 Å². The molecule has 2 atom stereocenters. The quantitative estimate of drug-likeness (QED) is 0.696. The second-order valence-corrected chi connectivity index (χ2v) is 3.80. The van der Waals surface area contributed by atoms with Gasteiger partial charge < -0.3 is 5.32 Å². The average molecular weight is 179 g/mol. The van der Waals surface area contributed by atoms with Crippen molar-refractivity contribution in [3.05, 3.63) is 35.6 Å². The van der Waals surface area contributed by atoms with Crippen LogP contribution >= 0.6 is 0 Å². The van der Waals surface area contributed by atoms with Crippen molar-refractivity contribution in [2.75, 3.05) is 13.1 Å². The highest BCUT2D eigenvalue weighted by atomic mass is 19.1. The topological polar surface area (TPSA) is 12.0 Å². The van der Waals surface area contributed by atoms with Crippen LogP contribution in [0.3, 0.4) is 0 Å². The minimum atomic E-state index is -0.128. The molecule has 1 saturated heterocycles. The van der Waals surface area contributed by atoms with E-state index in [1.807, 2.05) is 6.07 Å². The molecule has 1 aliphatic heterocycles. The van der Waals surface area contributed by atoms with Crippen LogP contribution in [0, 0.1) is 11.7 Å². The minimum absolute atomic E-state index is 0.128. The van der Waals surface area contributed by atoms with E-state index in [0.717, 1.165) is 18.7 Å². The van der Waals surface area contributed by atoms with Crippen LogP contribution in [-0.4, -0.2) is 13.1 Å². The van der Waals surface area contributed by atoms with Crippen LogP contribution in [-0.2, 0) is 0 Å². The van der Waals surface area contributed by atoms with E-state index in [0.29, 0.717) is 11.8 Å². The SMILES string of the molecule is C[C@H]1CNC[C@@H]1c1cccc(F)c1. The number of hydrogen-bond donors (Lipinski definition) is 1. The fourth-order valence-corrected chi connectivity index (χ4v) is 1.99. The monoisotopic (exact) mass is 179 g/mol. The molecule has 2 heteroatoms. The van der Waals surface area contributed by atoms with E-state index in [1.54, 1.807) is 12.1 Å². The molecule has 0 amide bonds. The second kappa shape index (κ2) is 3.46. The predicted molar refractivity (Wildman–Crippen MR) is 51.2 cm³/mol. The standard InChI is InChI=1S/C11H14FN/c1-8-6-13-7-11(8)9-3-2-4-10(12)5-9/h2-5,8,11,13H,6-7H2,1H3/t8-,11-/m0/s1. The molecule has 1 aromatic rings. The van der Waals surface area contributed by atoms with Crippen LogP contribution < -0.4 is 5.32 Å². The molecular weight excluding hydrogens is 165 g/mol. The maximum atomic E-state index is 12.9. The van der Waals surface area contributed by atoms with E-state index < -0.39 is 0 Å². The fourth-order valence-electron chi connectivity index (χ4n) is 1.99. The Bertz CT molecular complexity index is 298. The minimum Gasteiger partial charge on any atom is -0.316 e. The van der Waals surface area contributed by atoms with Crippen molar-refractivity contribution in [2.24, 2.45) is 5.92 Å². The lowest BCUT2D eigenvalue weighted by Gasteiger charge is -2.14. The summed E-state index contributed by atoms with van der Waals surface area (Å²) >= 11 is 0. The molecule has 13 heavy (non-hydrogen) atoms. The number of nitrogens with one attached hydrogen (secondary N) is 1. The summed E-state index contributed by atoms with van der Waals surface area (Å²) in [6.07, 6.45) is 0. The molecule has 1 nitrogen and oxygen atoms in total. The van der Waals surface area contributed by atoms with Crippen LogP contribution in [0.5, 0.6) is 0 Å². The van der Waals surface area contributed by atoms with Gasteiger partial charge in [0.1, 0.15) is 5.82 Å². The Labute approximate surface area is 78.0 Å². The molecule has 1 N–H and O–H groups in total. The van der Waals surface area contributed by atoms with Crippen molar-refractivity contribution in [1.82, 2.24) is 5.32 Å². The molecule has 0 aliphatic carbocycles. The zero-order valence-electron chi connectivity index (χ0n) is 7.76. The smallest absolute Gasteiger partial charge is 0.123 e. The lowest BCUT2D eigenvalue weighted by molar-refractivity contribution is 0.564. The molecule has 0 bridgehead atoms. The van der Waals surface area contributed by atoms with Crippen LogP contribution in [0.25, 0.3) is 0 Å². The first-order valence-electron chi connectivity index (χ1n) is 4.73. The van der Waals surface area contributed by atoms with Gasteiger partial charge in [-0.3, -0.25) is 0 Å². The molecule has 2 rings (SSSR count). The molecule has 1 heterocycles. The fraction of sp³-hybridized carbons (Fsp3) is 0.455. The third kappa shape index (κ3) is 1.73. The highest BCUT2D eigenvalue weighted by Gasteiger charge is 2.24. The molecular formula is C11H14FN. The predicted octanol–water partition coefficient (Wildman–Crippen LogP) is 2.15. The Morgan fingerprint density at radius 2 is 2.23 bits per heavy atom. The second-order valence-electron chi connectivity index (χ2n) is 3.80. The molecule has 0 unspecified atom stereocenters. The van der Waals surface area contributed by atoms with Gasteiger partial charge in [-0.05, 0) is 30.2 Å². The van der Waals surface area contributed by atoms with Gasteiger partial charge in [0.05, 0.1) is 0 Å². The Balaban J connectivity index is 2.24. The largest absolute Gasteiger partial charge is 0.316 e. The van der Waals surface area contributed by atoms with E-state index in [1.165, 1.54) is 6.07 Å². The highest BCUT2D eigenvalue weighted by Crippen LogP contribution is 2.27. The van der Waals surface area contributed by atoms with Crippen molar-refractivity contribution in [3.63, 3.8) is 0 Å². The van der Waals surface area contributed by atoms with E-state index in [-0.39, 0.29) is 5.82 Å². The number of halogens is 1. The summed E-state index contributed by atoms with van der Waals surface area (Å²) in [5, 5.41) is 3.32. The third-order valence-electron chi connectivity index (χ3n) is 2.79. The molecule has 0 aromatic heterocycles. The Kier molecular flexibility index (Phi) is 2.32. The van der Waals surface area contributed by atoms with E-state index in [2.05, 4.69) is 12.2 Å². The summed E-state index contributed by atoms with van der Waals surface area (Å²) < 4.78 is 12.9. The van der Waals surface area contributed by atoms with Crippen molar-refractivity contribution in [1.29, 1.82) is 0 Å². The molecule has 0 saturated carbocycles. The Hall–Kier alpha value is -0.890. The number of benzene rings is 1. The van der Waals surface area contributed by atoms with Crippen molar-refractivity contribution >= 4 is 0 Å². The number of rotatable bonds is 1. The summed E-state index contributed by atoms with van der Waals surface area (Å²) in [7, 11) is 0. The van der Waals surface area contributed by atoms with E-state index in [4.69, 9.17) is 0 Å². The first-order valence-corrected chi connectivity index (χ1v) is 4.73. The summed E-state index contributed by atoms with van der Waals surface area (Å²) in [4.78, 5) is 0. The van der Waals surface area contributed by atoms with Gasteiger partial charge in [0.2, 0.25) is 0 Å². The summed E-state index contributed by atoms with van der Waals surface area (Å²) in [6.45, 7) is 4.22. The first kappa shape index (κ1) is 8.70. The zero-order valence-corrected chi connectivity index (χ0v) is 7.76. The van der Waals surface area contributed by atoms with Gasteiger partial charge in [-0.2, -0.15) is 0 Å². The Morgan fingerprint density at radius 3 is 2.85 bits per heavy atom. The molecule has 0 spiro atoms. The maximum absolute atomic E-state index is 12.9. The summed E-state index contributed by atoms with van der Waals surface area (Å²) in [5.74, 6) is 0.967. The van der Waals surface area contributed by atoms with Crippen molar-refractivity contribution < 1.29 is 4.39 Å². The number of hydrogen-bond acceptors (Lipinski definition) is 1. The van der Waals surface area contributed by atoms with E-state index in [9.17, 15) is 4.39 Å². The molecule has 1 aliphatic rings. The normalized spacial score (nSPS) is 27.8. The summed E-state index contributed by atoms with van der Waals surface area (Å²) in [6, 6.07) is 6.94. The van der Waals surface area contributed by atoms with Crippen molar-refractivity contribution in [3.8, 4) is 0 Å². The van der Waals surface area contributed by atoms with Crippen LogP contribution in [0.4, 0.5) is 4.39 Å². The average Bonchev–Trinajstić information content (AvgIpc) is 2.51. The van der Waals surface area contributed by atoms with Gasteiger partial charge in [-0.1, -0.05) is 19.1 Å². The lowest BCUT2D eigenvalue weighted by Crippen LogP contribution is -2.08. The van der Waals surface area contributed by atoms with Gasteiger partial charge in [-0.15, -0.1) is 0 Å². The van der Waals surface area contributed by atoms with Gasteiger partial charge >= 0.3 is 0 Å². The van der Waals surface area contributed by atoms with E-state index >= 15 is 0 Å². The van der Waals surface area contributed by atoms with Gasteiger partial charge in [0, 0.05) is 12.5 Å². The van der Waals surface area contributed by atoms with Gasteiger partial charge in [-0.25, -0.2) is 4.39 Å². The first-order chi connectivity index (χ1) is 6.27. The molecule has 1 aromatic carbocycles. The molecule has 1 fully saturated rings. The maximum Gasteiger partial charge on any atom is 0.123 e. The van der Waals surface area contributed by atoms with Gasteiger partial charge in [0.15, 0.2) is 0 Å². The zero-order chi connectivity index (χ0) is 9.26.